The SMILES string of the molecule is C[C@H](CNC(=O)[C@@H](C)n1cncn1)N1CCOCC1. The molecule has 1 aliphatic rings. The Morgan fingerprint density at radius 1 is 1.42 bits per heavy atom. The van der Waals surface area contributed by atoms with Crippen molar-refractivity contribution >= 4 is 5.91 Å². The second-order valence-corrected chi connectivity index (χ2v) is 4.79. The lowest BCUT2D eigenvalue weighted by molar-refractivity contribution is -0.124. The van der Waals surface area contributed by atoms with E-state index >= 15 is 0 Å². The second-order valence-electron chi connectivity index (χ2n) is 4.79. The van der Waals surface area contributed by atoms with Crippen molar-refractivity contribution in [2.24, 2.45) is 0 Å². The summed E-state index contributed by atoms with van der Waals surface area (Å²) in [5.74, 6) is -0.0365. The number of hydrogen-bond donors (Lipinski definition) is 1. The molecule has 7 nitrogen and oxygen atoms in total. The first-order chi connectivity index (χ1) is 9.18. The summed E-state index contributed by atoms with van der Waals surface area (Å²) < 4.78 is 6.87. The van der Waals surface area contributed by atoms with Gasteiger partial charge in [-0.2, -0.15) is 5.10 Å². The van der Waals surface area contributed by atoms with Crippen LogP contribution in [0.3, 0.4) is 0 Å². The summed E-state index contributed by atoms with van der Waals surface area (Å²) in [4.78, 5) is 18.2. The van der Waals surface area contributed by atoms with Crippen molar-refractivity contribution in [3.63, 3.8) is 0 Å². The van der Waals surface area contributed by atoms with Crippen LogP contribution in [0.5, 0.6) is 0 Å². The number of rotatable bonds is 5. The fourth-order valence-corrected chi connectivity index (χ4v) is 2.08. The largest absolute Gasteiger partial charge is 0.379 e. The average Bonchev–Trinajstić information content (AvgIpc) is 2.98. The van der Waals surface area contributed by atoms with Gasteiger partial charge in [-0.05, 0) is 13.8 Å². The summed E-state index contributed by atoms with van der Waals surface area (Å²) in [5.41, 5.74) is 0. The lowest BCUT2D eigenvalue weighted by Crippen LogP contribution is -2.48. The Morgan fingerprint density at radius 3 is 2.79 bits per heavy atom. The first-order valence-corrected chi connectivity index (χ1v) is 6.62. The van der Waals surface area contributed by atoms with Crippen molar-refractivity contribution in [2.75, 3.05) is 32.8 Å². The molecule has 1 aliphatic heterocycles. The van der Waals surface area contributed by atoms with E-state index in [2.05, 4.69) is 27.2 Å². The Bertz CT molecular complexity index is 389. The molecule has 1 saturated heterocycles. The Morgan fingerprint density at radius 2 is 2.16 bits per heavy atom. The second kappa shape index (κ2) is 6.63. The summed E-state index contributed by atoms with van der Waals surface area (Å²) in [6.45, 7) is 7.96. The Kier molecular flexibility index (Phi) is 4.86. The van der Waals surface area contributed by atoms with Gasteiger partial charge < -0.3 is 10.1 Å². The highest BCUT2D eigenvalue weighted by Gasteiger charge is 2.20. The van der Waals surface area contributed by atoms with Crippen LogP contribution < -0.4 is 5.32 Å². The maximum atomic E-state index is 12.0. The maximum Gasteiger partial charge on any atom is 0.244 e. The number of ether oxygens (including phenoxy) is 1. The zero-order chi connectivity index (χ0) is 13.7. The predicted octanol–water partition coefficient (Wildman–Crippen LogP) is -0.324. The van der Waals surface area contributed by atoms with Crippen LogP contribution in [0, 0.1) is 0 Å². The molecular weight excluding hydrogens is 246 g/mol. The number of amides is 1. The van der Waals surface area contributed by atoms with Crippen LogP contribution in [0.1, 0.15) is 19.9 Å². The molecule has 2 rings (SSSR count). The smallest absolute Gasteiger partial charge is 0.244 e. The number of nitrogens with zero attached hydrogens (tertiary/aromatic N) is 4. The first-order valence-electron chi connectivity index (χ1n) is 6.62. The summed E-state index contributed by atoms with van der Waals surface area (Å²) in [7, 11) is 0. The zero-order valence-electron chi connectivity index (χ0n) is 11.5. The lowest BCUT2D eigenvalue weighted by atomic mass is 10.2. The van der Waals surface area contributed by atoms with Crippen molar-refractivity contribution in [3.8, 4) is 0 Å². The quantitative estimate of drug-likeness (QED) is 0.791. The molecule has 1 aromatic rings. The number of hydrogen-bond acceptors (Lipinski definition) is 5. The van der Waals surface area contributed by atoms with Gasteiger partial charge in [-0.3, -0.25) is 9.69 Å². The van der Waals surface area contributed by atoms with Crippen molar-refractivity contribution in [1.29, 1.82) is 0 Å². The Hall–Kier alpha value is -1.47. The van der Waals surface area contributed by atoms with Gasteiger partial charge in [0.15, 0.2) is 0 Å². The van der Waals surface area contributed by atoms with Crippen molar-refractivity contribution < 1.29 is 9.53 Å². The molecule has 0 aromatic carbocycles. The molecule has 0 bridgehead atoms. The fourth-order valence-electron chi connectivity index (χ4n) is 2.08. The summed E-state index contributed by atoms with van der Waals surface area (Å²) in [6.07, 6.45) is 2.98. The number of morpholine rings is 1. The van der Waals surface area contributed by atoms with Crippen LogP contribution in [-0.2, 0) is 9.53 Å². The van der Waals surface area contributed by atoms with Crippen LogP contribution in [0.2, 0.25) is 0 Å². The van der Waals surface area contributed by atoms with Gasteiger partial charge in [-0.1, -0.05) is 0 Å². The Balaban J connectivity index is 1.76. The molecule has 19 heavy (non-hydrogen) atoms. The number of carbonyl (C=O) groups is 1. The maximum absolute atomic E-state index is 12.0. The van der Waals surface area contributed by atoms with Crippen molar-refractivity contribution in [3.05, 3.63) is 12.7 Å². The van der Waals surface area contributed by atoms with Crippen LogP contribution in [0.15, 0.2) is 12.7 Å². The normalized spacial score (nSPS) is 19.9. The minimum atomic E-state index is -0.334. The summed E-state index contributed by atoms with van der Waals surface area (Å²) in [6, 6.07) is -0.0183. The lowest BCUT2D eigenvalue weighted by Gasteiger charge is -2.32. The molecule has 0 aliphatic carbocycles. The van der Waals surface area contributed by atoms with Gasteiger partial charge in [0.1, 0.15) is 18.7 Å². The number of nitrogens with one attached hydrogen (secondary N) is 1. The molecule has 0 saturated carbocycles. The topological polar surface area (TPSA) is 72.3 Å². The molecule has 2 atom stereocenters. The zero-order valence-corrected chi connectivity index (χ0v) is 11.5. The van der Waals surface area contributed by atoms with Crippen LogP contribution in [-0.4, -0.2) is 64.5 Å². The van der Waals surface area contributed by atoms with E-state index in [1.54, 1.807) is 11.0 Å². The highest BCUT2D eigenvalue weighted by molar-refractivity contribution is 5.79. The molecule has 1 N–H and O–H groups in total. The van der Waals surface area contributed by atoms with E-state index in [4.69, 9.17) is 4.74 Å². The number of carbonyl (C=O) groups excluding carboxylic acids is 1. The highest BCUT2D eigenvalue weighted by Crippen LogP contribution is 2.04. The van der Waals surface area contributed by atoms with E-state index < -0.39 is 0 Å². The van der Waals surface area contributed by atoms with E-state index in [1.807, 2.05) is 6.92 Å². The predicted molar refractivity (Wildman–Crippen MR) is 69.6 cm³/mol. The van der Waals surface area contributed by atoms with E-state index in [1.165, 1.54) is 6.33 Å². The molecule has 0 unspecified atom stereocenters. The molecule has 1 fully saturated rings. The van der Waals surface area contributed by atoms with Crippen molar-refractivity contribution in [2.45, 2.75) is 25.9 Å². The highest BCUT2D eigenvalue weighted by atomic mass is 16.5. The molecule has 7 heteroatoms. The van der Waals surface area contributed by atoms with Gasteiger partial charge in [0.25, 0.3) is 0 Å². The van der Waals surface area contributed by atoms with Gasteiger partial charge in [0.05, 0.1) is 13.2 Å². The Labute approximate surface area is 112 Å². The summed E-state index contributed by atoms with van der Waals surface area (Å²) >= 11 is 0. The molecule has 1 amide bonds. The molecular formula is C12H21N5O2. The van der Waals surface area contributed by atoms with Gasteiger partial charge in [-0.15, -0.1) is 0 Å². The third-order valence-electron chi connectivity index (χ3n) is 3.45. The van der Waals surface area contributed by atoms with E-state index in [0.29, 0.717) is 12.6 Å². The third-order valence-corrected chi connectivity index (χ3v) is 3.45. The average molecular weight is 267 g/mol. The van der Waals surface area contributed by atoms with Crippen LogP contribution >= 0.6 is 0 Å². The first kappa shape index (κ1) is 14.0. The van der Waals surface area contributed by atoms with Crippen molar-refractivity contribution in [1.82, 2.24) is 25.0 Å². The van der Waals surface area contributed by atoms with Gasteiger partial charge in [0, 0.05) is 25.7 Å². The molecule has 0 radical (unpaired) electrons. The van der Waals surface area contributed by atoms with E-state index in [9.17, 15) is 4.79 Å². The van der Waals surface area contributed by atoms with Gasteiger partial charge in [-0.25, -0.2) is 9.67 Å². The molecule has 2 heterocycles. The minimum Gasteiger partial charge on any atom is -0.379 e. The van der Waals surface area contributed by atoms with Crippen LogP contribution in [0.4, 0.5) is 0 Å². The molecule has 1 aromatic heterocycles. The molecule has 0 spiro atoms. The van der Waals surface area contributed by atoms with Crippen LogP contribution in [0.25, 0.3) is 0 Å². The van der Waals surface area contributed by atoms with E-state index in [0.717, 1.165) is 26.3 Å². The summed E-state index contributed by atoms with van der Waals surface area (Å²) in [5, 5.41) is 6.93. The van der Waals surface area contributed by atoms with Gasteiger partial charge in [0.2, 0.25) is 5.91 Å². The third kappa shape index (κ3) is 3.74. The fraction of sp³-hybridized carbons (Fsp3) is 0.750. The van der Waals surface area contributed by atoms with E-state index in [-0.39, 0.29) is 11.9 Å². The number of aromatic nitrogens is 3. The molecule has 106 valence electrons. The monoisotopic (exact) mass is 267 g/mol. The standard InChI is InChI=1S/C12H21N5O2/c1-10(16-3-5-19-6-4-16)7-14-12(18)11(2)17-9-13-8-15-17/h8-11H,3-7H2,1-2H3,(H,14,18)/t10-,11-/m1/s1. The minimum absolute atomic E-state index is 0.0365. The van der Waals surface area contributed by atoms with Gasteiger partial charge >= 0.3 is 0 Å².